The summed E-state index contributed by atoms with van der Waals surface area (Å²) < 4.78 is 11.1. The highest BCUT2D eigenvalue weighted by Gasteiger charge is 2.43. The first kappa shape index (κ1) is 20.9. The smallest absolute Gasteiger partial charge is 0.336 e. The first-order chi connectivity index (χ1) is 14.5. The summed E-state index contributed by atoms with van der Waals surface area (Å²) in [7, 11) is 0. The molecule has 1 aromatic carbocycles. The normalized spacial score (nSPS) is 23.9. The minimum absolute atomic E-state index is 0.0591. The number of amides is 1. The third kappa shape index (κ3) is 4.38. The number of nitrogens with zero attached hydrogens (tertiary/aromatic N) is 1. The SMILES string of the molecule is CCCCc1cc(=O)oc2cc(OCC(=O)N3CC[C@@]4(O)CCCC[C@@H]4C3)ccc12. The molecule has 2 fully saturated rings. The van der Waals surface area contributed by atoms with Gasteiger partial charge in [0.05, 0.1) is 5.60 Å². The van der Waals surface area contributed by atoms with Crippen molar-refractivity contribution < 1.29 is 19.1 Å². The zero-order chi connectivity index (χ0) is 21.1. The molecule has 1 aromatic heterocycles. The van der Waals surface area contributed by atoms with Gasteiger partial charge in [0.15, 0.2) is 6.61 Å². The Labute approximate surface area is 176 Å². The van der Waals surface area contributed by atoms with Gasteiger partial charge in [0, 0.05) is 36.5 Å². The molecule has 2 heterocycles. The summed E-state index contributed by atoms with van der Waals surface area (Å²) in [4.78, 5) is 26.4. The average Bonchev–Trinajstić information content (AvgIpc) is 2.74. The van der Waals surface area contributed by atoms with Crippen molar-refractivity contribution in [3.63, 3.8) is 0 Å². The lowest BCUT2D eigenvalue weighted by Gasteiger charge is -2.47. The van der Waals surface area contributed by atoms with E-state index in [2.05, 4.69) is 6.92 Å². The van der Waals surface area contributed by atoms with Crippen molar-refractivity contribution in [2.75, 3.05) is 19.7 Å². The number of rotatable bonds is 6. The maximum Gasteiger partial charge on any atom is 0.336 e. The fraction of sp³-hybridized carbons (Fsp3) is 0.583. The second kappa shape index (κ2) is 8.80. The lowest BCUT2D eigenvalue weighted by molar-refractivity contribution is -0.145. The Morgan fingerprint density at radius 3 is 3.00 bits per heavy atom. The number of aliphatic hydroxyl groups is 1. The van der Waals surface area contributed by atoms with Gasteiger partial charge in [-0.2, -0.15) is 0 Å². The van der Waals surface area contributed by atoms with Crippen molar-refractivity contribution in [3.05, 3.63) is 40.2 Å². The minimum atomic E-state index is -0.596. The number of ether oxygens (including phenoxy) is 1. The molecule has 2 aliphatic rings. The van der Waals surface area contributed by atoms with E-state index in [9.17, 15) is 14.7 Å². The standard InChI is InChI=1S/C24H31NO5/c1-2-3-6-17-13-23(27)30-21-14-19(8-9-20(17)21)29-16-22(26)25-12-11-24(28)10-5-4-7-18(24)15-25/h8-9,13-14,18,28H,2-7,10-12,15-16H2,1H3/t18-,24+/m1/s1. The lowest BCUT2D eigenvalue weighted by Crippen LogP contribution is -2.55. The topological polar surface area (TPSA) is 80.0 Å². The van der Waals surface area contributed by atoms with Gasteiger partial charge >= 0.3 is 5.63 Å². The van der Waals surface area contributed by atoms with Crippen LogP contribution in [0.2, 0.25) is 0 Å². The molecule has 0 spiro atoms. The van der Waals surface area contributed by atoms with Gasteiger partial charge in [-0.1, -0.05) is 26.2 Å². The van der Waals surface area contributed by atoms with Gasteiger partial charge in [-0.3, -0.25) is 4.79 Å². The number of aryl methyl sites for hydroxylation is 1. The highest BCUT2D eigenvalue weighted by Crippen LogP contribution is 2.39. The van der Waals surface area contributed by atoms with Gasteiger partial charge < -0.3 is 19.2 Å². The van der Waals surface area contributed by atoms with Crippen LogP contribution >= 0.6 is 0 Å². The van der Waals surface area contributed by atoms with Gasteiger partial charge in [0.2, 0.25) is 0 Å². The van der Waals surface area contributed by atoms with Gasteiger partial charge in [-0.25, -0.2) is 4.79 Å². The molecule has 1 saturated carbocycles. The molecule has 30 heavy (non-hydrogen) atoms. The summed E-state index contributed by atoms with van der Waals surface area (Å²) in [6.07, 6.45) is 7.56. The predicted molar refractivity (Wildman–Crippen MR) is 115 cm³/mol. The number of piperidine rings is 1. The summed E-state index contributed by atoms with van der Waals surface area (Å²) in [5, 5.41) is 11.7. The quantitative estimate of drug-likeness (QED) is 0.731. The second-order valence-electron chi connectivity index (χ2n) is 8.78. The van der Waals surface area contributed by atoms with Crippen LogP contribution in [0.3, 0.4) is 0 Å². The highest BCUT2D eigenvalue weighted by atomic mass is 16.5. The highest BCUT2D eigenvalue weighted by molar-refractivity contribution is 5.82. The third-order valence-electron chi connectivity index (χ3n) is 6.74. The lowest BCUT2D eigenvalue weighted by atomic mass is 9.71. The Morgan fingerprint density at radius 1 is 1.30 bits per heavy atom. The molecule has 1 amide bonds. The summed E-state index contributed by atoms with van der Waals surface area (Å²) in [6.45, 7) is 3.23. The van der Waals surface area contributed by atoms with Crippen molar-refractivity contribution in [1.29, 1.82) is 0 Å². The number of hydrogen-bond donors (Lipinski definition) is 1. The Balaban J connectivity index is 1.41. The van der Waals surface area contributed by atoms with Crippen LogP contribution in [0, 0.1) is 5.92 Å². The Hall–Kier alpha value is -2.34. The van der Waals surface area contributed by atoms with Crippen LogP contribution in [0.1, 0.15) is 57.4 Å². The Bertz CT molecular complexity index is 968. The molecule has 6 nitrogen and oxygen atoms in total. The number of carbonyl (C=O) groups is 1. The molecule has 0 radical (unpaired) electrons. The summed E-state index contributed by atoms with van der Waals surface area (Å²) >= 11 is 0. The second-order valence-corrected chi connectivity index (χ2v) is 8.78. The fourth-order valence-corrected chi connectivity index (χ4v) is 4.91. The van der Waals surface area contributed by atoms with Crippen molar-refractivity contribution >= 4 is 16.9 Å². The molecule has 6 heteroatoms. The molecule has 4 rings (SSSR count). The van der Waals surface area contributed by atoms with Crippen molar-refractivity contribution in [2.24, 2.45) is 5.92 Å². The number of fused-ring (bicyclic) bond motifs is 2. The first-order valence-corrected chi connectivity index (χ1v) is 11.2. The average molecular weight is 414 g/mol. The van der Waals surface area contributed by atoms with Crippen molar-refractivity contribution in [1.82, 2.24) is 4.90 Å². The monoisotopic (exact) mass is 413 g/mol. The van der Waals surface area contributed by atoms with E-state index < -0.39 is 5.60 Å². The van der Waals surface area contributed by atoms with E-state index in [-0.39, 0.29) is 24.1 Å². The molecule has 1 aliphatic carbocycles. The summed E-state index contributed by atoms with van der Waals surface area (Å²) in [6, 6.07) is 6.97. The van der Waals surface area contributed by atoms with Crippen LogP contribution in [0.15, 0.2) is 33.5 Å². The van der Waals surface area contributed by atoms with E-state index in [0.717, 1.165) is 55.9 Å². The third-order valence-corrected chi connectivity index (χ3v) is 6.74. The zero-order valence-electron chi connectivity index (χ0n) is 17.7. The van der Waals surface area contributed by atoms with Crippen LogP contribution in [-0.2, 0) is 11.2 Å². The first-order valence-electron chi connectivity index (χ1n) is 11.2. The number of unbranched alkanes of at least 4 members (excludes halogenated alkanes) is 1. The molecule has 2 atom stereocenters. The van der Waals surface area contributed by atoms with Crippen LogP contribution in [0.25, 0.3) is 11.0 Å². The van der Waals surface area contributed by atoms with Crippen molar-refractivity contribution in [2.45, 2.75) is 63.9 Å². The Kier molecular flexibility index (Phi) is 6.14. The van der Waals surface area contributed by atoms with E-state index in [1.165, 1.54) is 0 Å². The van der Waals surface area contributed by atoms with E-state index in [1.54, 1.807) is 12.1 Å². The van der Waals surface area contributed by atoms with Gasteiger partial charge in [0.25, 0.3) is 5.91 Å². The molecule has 1 N–H and O–H groups in total. The number of carbonyl (C=O) groups excluding carboxylic acids is 1. The predicted octanol–water partition coefficient (Wildman–Crippen LogP) is 3.67. The van der Waals surface area contributed by atoms with Crippen molar-refractivity contribution in [3.8, 4) is 5.75 Å². The van der Waals surface area contributed by atoms with Crippen LogP contribution in [0.4, 0.5) is 0 Å². The molecular weight excluding hydrogens is 382 g/mol. The summed E-state index contributed by atoms with van der Waals surface area (Å²) in [5.41, 5.74) is 0.513. The van der Waals surface area contributed by atoms with E-state index in [0.29, 0.717) is 30.8 Å². The van der Waals surface area contributed by atoms with Crippen LogP contribution in [0.5, 0.6) is 5.75 Å². The number of hydrogen-bond acceptors (Lipinski definition) is 5. The van der Waals surface area contributed by atoms with E-state index in [4.69, 9.17) is 9.15 Å². The maximum absolute atomic E-state index is 12.7. The summed E-state index contributed by atoms with van der Waals surface area (Å²) in [5.74, 6) is 0.610. The fourth-order valence-electron chi connectivity index (χ4n) is 4.91. The van der Waals surface area contributed by atoms with Gasteiger partial charge in [-0.15, -0.1) is 0 Å². The van der Waals surface area contributed by atoms with E-state index in [1.807, 2.05) is 17.0 Å². The van der Waals surface area contributed by atoms with Gasteiger partial charge in [-0.05, 0) is 49.8 Å². The molecule has 0 unspecified atom stereocenters. The minimum Gasteiger partial charge on any atom is -0.484 e. The molecule has 2 aromatic rings. The van der Waals surface area contributed by atoms with E-state index >= 15 is 0 Å². The zero-order valence-corrected chi connectivity index (χ0v) is 17.7. The molecule has 162 valence electrons. The molecule has 0 bridgehead atoms. The Morgan fingerprint density at radius 2 is 2.17 bits per heavy atom. The van der Waals surface area contributed by atoms with Crippen LogP contribution in [-0.4, -0.2) is 41.2 Å². The molecule has 1 saturated heterocycles. The van der Waals surface area contributed by atoms with Crippen LogP contribution < -0.4 is 10.4 Å². The molecular formula is C24H31NO5. The number of benzene rings is 1. The van der Waals surface area contributed by atoms with Gasteiger partial charge in [0.1, 0.15) is 11.3 Å². The maximum atomic E-state index is 12.7. The molecule has 1 aliphatic heterocycles. The number of likely N-dealkylation sites (tertiary alicyclic amines) is 1. The largest absolute Gasteiger partial charge is 0.484 e.